The van der Waals surface area contributed by atoms with Crippen LogP contribution in [0.15, 0.2) is 51.9 Å². The van der Waals surface area contributed by atoms with E-state index in [0.717, 1.165) is 0 Å². The minimum absolute atomic E-state index is 0.0416. The van der Waals surface area contributed by atoms with E-state index in [1.54, 1.807) is 24.4 Å². The van der Waals surface area contributed by atoms with Gasteiger partial charge in [-0.1, -0.05) is 6.07 Å². The Morgan fingerprint density at radius 3 is 2.80 bits per heavy atom. The molecule has 2 aromatic rings. The van der Waals surface area contributed by atoms with Gasteiger partial charge in [-0.05, 0) is 28.1 Å². The Bertz CT molecular complexity index is 684. The van der Waals surface area contributed by atoms with Gasteiger partial charge in [0, 0.05) is 18.3 Å². The maximum atomic E-state index is 11.5. The number of ether oxygens (including phenoxy) is 1. The van der Waals surface area contributed by atoms with Crippen molar-refractivity contribution < 1.29 is 9.66 Å². The molecule has 0 aliphatic rings. The van der Waals surface area contributed by atoms with Gasteiger partial charge < -0.3 is 9.30 Å². The molecule has 2 rings (SSSR count). The van der Waals surface area contributed by atoms with Crippen molar-refractivity contribution in [3.63, 3.8) is 0 Å². The quantitative estimate of drug-likeness (QED) is 0.620. The Balaban J connectivity index is 2.04. The van der Waals surface area contributed by atoms with Crippen molar-refractivity contribution in [2.24, 2.45) is 0 Å². The van der Waals surface area contributed by atoms with Crippen LogP contribution in [0.5, 0.6) is 5.75 Å². The van der Waals surface area contributed by atoms with Crippen LogP contribution in [-0.4, -0.2) is 16.1 Å². The molecule has 0 spiro atoms. The molecule has 1 aromatic carbocycles. The Kier molecular flexibility index (Phi) is 4.52. The van der Waals surface area contributed by atoms with Crippen LogP contribution in [0.25, 0.3) is 0 Å². The molecule has 0 aliphatic carbocycles. The molecule has 104 valence electrons. The van der Waals surface area contributed by atoms with Crippen molar-refractivity contribution >= 4 is 21.6 Å². The maximum absolute atomic E-state index is 11.5. The lowest BCUT2D eigenvalue weighted by Crippen LogP contribution is -2.21. The topological polar surface area (TPSA) is 74.4 Å². The molecule has 20 heavy (non-hydrogen) atoms. The predicted molar refractivity (Wildman–Crippen MR) is 77.0 cm³/mol. The number of pyridine rings is 1. The third-order valence-corrected chi connectivity index (χ3v) is 3.27. The first-order valence-electron chi connectivity index (χ1n) is 5.80. The minimum Gasteiger partial charge on any atom is -0.490 e. The predicted octanol–water partition coefficient (Wildman–Crippen LogP) is 2.60. The molecule has 0 atom stereocenters. The lowest BCUT2D eigenvalue weighted by atomic mass is 10.3. The molecular weight excluding hydrogens is 328 g/mol. The normalized spacial score (nSPS) is 10.2. The number of hydrogen-bond donors (Lipinski definition) is 0. The largest absolute Gasteiger partial charge is 0.490 e. The van der Waals surface area contributed by atoms with Crippen molar-refractivity contribution in [1.29, 1.82) is 0 Å². The number of nitro benzene ring substituents is 1. The zero-order chi connectivity index (χ0) is 14.5. The molecule has 0 bridgehead atoms. The second kappa shape index (κ2) is 6.33. The first-order chi connectivity index (χ1) is 9.58. The molecule has 0 amide bonds. The fraction of sp³-hybridized carbons (Fsp3) is 0.154. The van der Waals surface area contributed by atoms with Gasteiger partial charge in [-0.3, -0.25) is 14.9 Å². The number of hydrogen-bond acceptors (Lipinski definition) is 4. The van der Waals surface area contributed by atoms with Crippen molar-refractivity contribution in [2.45, 2.75) is 6.54 Å². The monoisotopic (exact) mass is 338 g/mol. The van der Waals surface area contributed by atoms with Gasteiger partial charge in [0.1, 0.15) is 12.4 Å². The highest BCUT2D eigenvalue weighted by atomic mass is 79.9. The Morgan fingerprint density at radius 1 is 1.30 bits per heavy atom. The van der Waals surface area contributed by atoms with Crippen LogP contribution < -0.4 is 10.3 Å². The number of nitrogens with zero attached hydrogens (tertiary/aromatic N) is 2. The summed E-state index contributed by atoms with van der Waals surface area (Å²) >= 11 is 3.26. The van der Waals surface area contributed by atoms with Crippen LogP contribution in [0, 0.1) is 10.1 Å². The van der Waals surface area contributed by atoms with Crippen LogP contribution in [0.3, 0.4) is 0 Å². The van der Waals surface area contributed by atoms with Crippen LogP contribution in [0.2, 0.25) is 0 Å². The van der Waals surface area contributed by atoms with Crippen LogP contribution in [-0.2, 0) is 6.54 Å². The minimum atomic E-state index is -0.485. The summed E-state index contributed by atoms with van der Waals surface area (Å²) in [6, 6.07) is 9.17. The maximum Gasteiger partial charge on any atom is 0.273 e. The third-order valence-electron chi connectivity index (χ3n) is 2.61. The van der Waals surface area contributed by atoms with Crippen molar-refractivity contribution in [3.8, 4) is 5.75 Å². The van der Waals surface area contributed by atoms with Gasteiger partial charge in [0.05, 0.1) is 22.0 Å². The number of nitro groups is 1. The van der Waals surface area contributed by atoms with Gasteiger partial charge in [-0.25, -0.2) is 0 Å². The summed E-state index contributed by atoms with van der Waals surface area (Å²) in [7, 11) is 0. The molecule has 7 heteroatoms. The van der Waals surface area contributed by atoms with E-state index in [2.05, 4.69) is 15.9 Å². The fourth-order valence-electron chi connectivity index (χ4n) is 1.62. The lowest BCUT2D eigenvalue weighted by molar-refractivity contribution is -0.385. The van der Waals surface area contributed by atoms with Gasteiger partial charge in [0.15, 0.2) is 0 Å². The number of non-ortho nitro benzene ring substituents is 1. The molecule has 0 aliphatic heterocycles. The van der Waals surface area contributed by atoms with E-state index in [1.165, 1.54) is 22.8 Å². The fourth-order valence-corrected chi connectivity index (χ4v) is 1.98. The van der Waals surface area contributed by atoms with Gasteiger partial charge in [0.2, 0.25) is 0 Å². The van der Waals surface area contributed by atoms with Crippen LogP contribution in [0.4, 0.5) is 5.69 Å². The highest BCUT2D eigenvalue weighted by Crippen LogP contribution is 2.29. The van der Waals surface area contributed by atoms with Crippen molar-refractivity contribution in [1.82, 2.24) is 4.57 Å². The second-order valence-corrected chi connectivity index (χ2v) is 4.81. The second-order valence-electron chi connectivity index (χ2n) is 3.95. The first kappa shape index (κ1) is 14.3. The number of benzene rings is 1. The lowest BCUT2D eigenvalue weighted by Gasteiger charge is -2.09. The zero-order valence-electron chi connectivity index (χ0n) is 10.4. The van der Waals surface area contributed by atoms with E-state index < -0.39 is 4.92 Å². The molecule has 1 heterocycles. The van der Waals surface area contributed by atoms with E-state index in [9.17, 15) is 14.9 Å². The summed E-state index contributed by atoms with van der Waals surface area (Å²) in [4.78, 5) is 21.7. The Hall–Kier alpha value is -2.15. The molecule has 0 saturated carbocycles. The standard InChI is InChI=1S/C13H11BrN2O4/c14-11-5-4-10(16(18)19)9-12(11)20-8-7-15-6-2-1-3-13(15)17/h1-6,9H,7-8H2. The summed E-state index contributed by atoms with van der Waals surface area (Å²) in [6.07, 6.45) is 1.66. The molecule has 0 fully saturated rings. The zero-order valence-corrected chi connectivity index (χ0v) is 11.9. The average molecular weight is 339 g/mol. The average Bonchev–Trinajstić information content (AvgIpc) is 2.42. The molecule has 0 N–H and O–H groups in total. The summed E-state index contributed by atoms with van der Waals surface area (Å²) in [6.45, 7) is 0.610. The molecule has 6 nitrogen and oxygen atoms in total. The first-order valence-corrected chi connectivity index (χ1v) is 6.59. The number of halogens is 1. The SMILES string of the molecule is O=c1ccccn1CCOc1cc([N+](=O)[O-])ccc1Br. The molecule has 0 saturated heterocycles. The Morgan fingerprint density at radius 2 is 2.10 bits per heavy atom. The summed E-state index contributed by atoms with van der Waals surface area (Å²) in [5.41, 5.74) is -0.158. The summed E-state index contributed by atoms with van der Waals surface area (Å²) < 4.78 is 7.61. The Labute approximate surface area is 122 Å². The molecule has 1 aromatic heterocycles. The van der Waals surface area contributed by atoms with E-state index in [-0.39, 0.29) is 17.9 Å². The van der Waals surface area contributed by atoms with Crippen LogP contribution >= 0.6 is 15.9 Å². The summed E-state index contributed by atoms with van der Waals surface area (Å²) in [5.74, 6) is 0.378. The van der Waals surface area contributed by atoms with Crippen LogP contribution in [0.1, 0.15) is 0 Å². The third kappa shape index (κ3) is 3.45. The van der Waals surface area contributed by atoms with Crippen molar-refractivity contribution in [2.75, 3.05) is 6.61 Å². The summed E-state index contributed by atoms with van der Waals surface area (Å²) in [5, 5.41) is 10.7. The van der Waals surface area contributed by atoms with Gasteiger partial charge >= 0.3 is 0 Å². The molecular formula is C13H11BrN2O4. The highest BCUT2D eigenvalue weighted by molar-refractivity contribution is 9.10. The van der Waals surface area contributed by atoms with E-state index in [4.69, 9.17) is 4.74 Å². The number of aromatic nitrogens is 1. The van der Waals surface area contributed by atoms with E-state index in [1.807, 2.05) is 0 Å². The molecule has 0 unspecified atom stereocenters. The van der Waals surface area contributed by atoms with E-state index >= 15 is 0 Å². The van der Waals surface area contributed by atoms with E-state index in [0.29, 0.717) is 16.8 Å². The van der Waals surface area contributed by atoms with Gasteiger partial charge in [-0.15, -0.1) is 0 Å². The van der Waals surface area contributed by atoms with Crippen molar-refractivity contribution in [3.05, 3.63) is 67.5 Å². The highest BCUT2D eigenvalue weighted by Gasteiger charge is 2.10. The number of rotatable bonds is 5. The molecule has 0 radical (unpaired) electrons. The van der Waals surface area contributed by atoms with Gasteiger partial charge in [0.25, 0.3) is 11.2 Å². The van der Waals surface area contributed by atoms with Gasteiger partial charge in [-0.2, -0.15) is 0 Å². The smallest absolute Gasteiger partial charge is 0.273 e.